The third kappa shape index (κ3) is 1.26. The summed E-state index contributed by atoms with van der Waals surface area (Å²) in [5.41, 5.74) is 1.49. The zero-order chi connectivity index (χ0) is 6.97. The van der Waals surface area contributed by atoms with E-state index in [0.29, 0.717) is 5.52 Å². The Bertz CT molecular complexity index is 358. The molecule has 0 aliphatic heterocycles. The molecule has 3 nitrogen and oxygen atoms in total. The molecule has 1 aromatic carbocycles. The van der Waals surface area contributed by atoms with E-state index in [0.717, 1.165) is 5.52 Å². The second-order valence-electron chi connectivity index (χ2n) is 2.08. The Morgan fingerprint density at radius 1 is 1.36 bits per heavy atom. The first-order chi connectivity index (χ1) is 4.88. The molecule has 0 aliphatic rings. The number of phenolic OH excluding ortho intramolecular Hbond substituents is 1. The summed E-state index contributed by atoms with van der Waals surface area (Å²) in [6.45, 7) is 0. The van der Waals surface area contributed by atoms with E-state index in [4.69, 9.17) is 0 Å². The Kier molecular flexibility index (Phi) is 2.25. The molecule has 0 bridgehead atoms. The van der Waals surface area contributed by atoms with Crippen molar-refractivity contribution in [2.75, 3.05) is 0 Å². The number of aromatic nitrogens is 2. The quantitative estimate of drug-likeness (QED) is 0.628. The molecule has 1 aromatic heterocycles. The molecule has 52 valence electrons. The number of nitrogens with zero attached hydrogens (tertiary/aromatic N) is 1. The predicted molar refractivity (Wildman–Crippen MR) is 37.8 cm³/mol. The van der Waals surface area contributed by atoms with Gasteiger partial charge in [-0.3, -0.25) is 0 Å². The number of phenols is 1. The molecule has 2 aromatic rings. The summed E-state index contributed by atoms with van der Waals surface area (Å²) in [5.74, 6) is 0.221. The Morgan fingerprint density at radius 2 is 2.18 bits per heavy atom. The van der Waals surface area contributed by atoms with Crippen molar-refractivity contribution in [1.29, 1.82) is 0 Å². The maximum absolute atomic E-state index is 9.18. The normalized spacial score (nSPS) is 9.45. The molecule has 0 spiro atoms. The minimum Gasteiger partial charge on any atom is -0.506 e. The van der Waals surface area contributed by atoms with Gasteiger partial charge in [0.25, 0.3) is 0 Å². The van der Waals surface area contributed by atoms with E-state index in [1.54, 1.807) is 18.5 Å². The number of para-hydroxylation sites is 1. The third-order valence-electron chi connectivity index (χ3n) is 1.43. The summed E-state index contributed by atoms with van der Waals surface area (Å²) in [4.78, 5) is 6.80. The molecule has 0 radical (unpaired) electrons. The second-order valence-corrected chi connectivity index (χ2v) is 2.08. The molecular formula is C7H6N2OZn. The van der Waals surface area contributed by atoms with Crippen molar-refractivity contribution in [2.24, 2.45) is 0 Å². The molecule has 0 amide bonds. The van der Waals surface area contributed by atoms with Gasteiger partial charge in [0.15, 0.2) is 0 Å². The topological polar surface area (TPSA) is 48.9 Å². The molecule has 0 fully saturated rings. The number of imidazole rings is 1. The fraction of sp³-hybridized carbons (Fsp3) is 0. The molecule has 4 heteroatoms. The first-order valence-electron chi connectivity index (χ1n) is 2.99. The fourth-order valence-electron chi connectivity index (χ4n) is 0.950. The van der Waals surface area contributed by atoms with Gasteiger partial charge in [-0.25, -0.2) is 4.98 Å². The number of aromatic hydroxyl groups is 1. The minimum absolute atomic E-state index is 0. The minimum atomic E-state index is 0. The number of nitrogens with one attached hydrogen (secondary N) is 1. The van der Waals surface area contributed by atoms with Gasteiger partial charge < -0.3 is 10.1 Å². The van der Waals surface area contributed by atoms with Crippen molar-refractivity contribution in [3.63, 3.8) is 0 Å². The number of H-pyrrole nitrogens is 1. The van der Waals surface area contributed by atoms with E-state index >= 15 is 0 Å². The Labute approximate surface area is 76.2 Å². The smallest absolute Gasteiger partial charge is 0.143 e. The summed E-state index contributed by atoms with van der Waals surface area (Å²) < 4.78 is 0. The van der Waals surface area contributed by atoms with E-state index in [1.807, 2.05) is 6.07 Å². The first-order valence-corrected chi connectivity index (χ1v) is 2.99. The number of hydrogen-bond donors (Lipinski definition) is 2. The molecule has 0 aliphatic carbocycles. The van der Waals surface area contributed by atoms with Gasteiger partial charge in [-0.1, -0.05) is 6.07 Å². The van der Waals surface area contributed by atoms with Crippen LogP contribution in [0.1, 0.15) is 0 Å². The van der Waals surface area contributed by atoms with Crippen LogP contribution in [0.25, 0.3) is 11.0 Å². The standard InChI is InChI=1S/C7H6N2O.Zn/c10-6-3-1-2-5-7(6)9-4-8-5;/h1-4,10H,(H,8,9);. The largest absolute Gasteiger partial charge is 0.506 e. The van der Waals surface area contributed by atoms with Gasteiger partial charge in [0.1, 0.15) is 11.3 Å². The van der Waals surface area contributed by atoms with E-state index in [1.165, 1.54) is 0 Å². The molecule has 0 saturated heterocycles. The summed E-state index contributed by atoms with van der Waals surface area (Å²) >= 11 is 0. The van der Waals surface area contributed by atoms with Crippen LogP contribution < -0.4 is 0 Å². The average molecular weight is 200 g/mol. The molecule has 0 atom stereocenters. The maximum Gasteiger partial charge on any atom is 0.143 e. The molecule has 11 heavy (non-hydrogen) atoms. The van der Waals surface area contributed by atoms with Crippen molar-refractivity contribution >= 4 is 11.0 Å². The van der Waals surface area contributed by atoms with Crippen molar-refractivity contribution in [1.82, 2.24) is 9.97 Å². The predicted octanol–water partition coefficient (Wildman–Crippen LogP) is 1.27. The third-order valence-corrected chi connectivity index (χ3v) is 1.43. The van der Waals surface area contributed by atoms with Gasteiger partial charge >= 0.3 is 0 Å². The van der Waals surface area contributed by atoms with Gasteiger partial charge in [-0.2, -0.15) is 0 Å². The Morgan fingerprint density at radius 3 is 2.91 bits per heavy atom. The van der Waals surface area contributed by atoms with Gasteiger partial charge in [-0.05, 0) is 12.1 Å². The van der Waals surface area contributed by atoms with Crippen LogP contribution >= 0.6 is 0 Å². The van der Waals surface area contributed by atoms with Crippen LogP contribution in [0.4, 0.5) is 0 Å². The number of fused-ring (bicyclic) bond motifs is 1. The SMILES string of the molecule is Oc1cccc2[nH]cnc12.[Zn]. The van der Waals surface area contributed by atoms with E-state index < -0.39 is 0 Å². The number of rotatable bonds is 0. The van der Waals surface area contributed by atoms with Crippen molar-refractivity contribution in [3.8, 4) is 5.75 Å². The van der Waals surface area contributed by atoms with Gasteiger partial charge in [0.05, 0.1) is 11.8 Å². The fourth-order valence-corrected chi connectivity index (χ4v) is 0.950. The van der Waals surface area contributed by atoms with Gasteiger partial charge in [0, 0.05) is 19.5 Å². The summed E-state index contributed by atoms with van der Waals surface area (Å²) in [5, 5.41) is 9.18. The Hall–Kier alpha value is -0.887. The second kappa shape index (κ2) is 3.01. The van der Waals surface area contributed by atoms with Crippen LogP contribution in [0, 0.1) is 0 Å². The molecule has 0 unspecified atom stereocenters. The average Bonchev–Trinajstić information content (AvgIpc) is 2.36. The summed E-state index contributed by atoms with van der Waals surface area (Å²) in [6, 6.07) is 5.25. The van der Waals surface area contributed by atoms with Crippen molar-refractivity contribution < 1.29 is 24.6 Å². The number of benzene rings is 1. The van der Waals surface area contributed by atoms with Crippen LogP contribution in [0.5, 0.6) is 5.75 Å². The zero-order valence-electron chi connectivity index (χ0n) is 5.91. The van der Waals surface area contributed by atoms with Crippen molar-refractivity contribution in [3.05, 3.63) is 24.5 Å². The Balaban J connectivity index is 0.000000605. The molecule has 2 rings (SSSR count). The van der Waals surface area contributed by atoms with E-state index in [9.17, 15) is 5.11 Å². The van der Waals surface area contributed by atoms with Crippen LogP contribution in [0.3, 0.4) is 0 Å². The number of aromatic amines is 1. The monoisotopic (exact) mass is 198 g/mol. The van der Waals surface area contributed by atoms with Gasteiger partial charge in [0.2, 0.25) is 0 Å². The van der Waals surface area contributed by atoms with E-state index in [-0.39, 0.29) is 25.2 Å². The first kappa shape index (κ1) is 8.21. The summed E-state index contributed by atoms with van der Waals surface area (Å²) in [7, 11) is 0. The van der Waals surface area contributed by atoms with Crippen molar-refractivity contribution in [2.45, 2.75) is 0 Å². The number of hydrogen-bond acceptors (Lipinski definition) is 2. The molecule has 0 saturated carbocycles. The van der Waals surface area contributed by atoms with E-state index in [2.05, 4.69) is 9.97 Å². The van der Waals surface area contributed by atoms with Crippen LogP contribution in [0.2, 0.25) is 0 Å². The zero-order valence-corrected chi connectivity index (χ0v) is 8.88. The van der Waals surface area contributed by atoms with Crippen LogP contribution in [-0.4, -0.2) is 15.1 Å². The maximum atomic E-state index is 9.18. The van der Waals surface area contributed by atoms with Crippen LogP contribution in [-0.2, 0) is 19.5 Å². The van der Waals surface area contributed by atoms with Gasteiger partial charge in [-0.15, -0.1) is 0 Å². The molecular weight excluding hydrogens is 193 g/mol. The van der Waals surface area contributed by atoms with Crippen LogP contribution in [0.15, 0.2) is 24.5 Å². The molecule has 2 N–H and O–H groups in total. The summed E-state index contributed by atoms with van der Waals surface area (Å²) in [6.07, 6.45) is 1.56. The molecule has 1 heterocycles.